The van der Waals surface area contributed by atoms with Gasteiger partial charge in [0.1, 0.15) is 5.75 Å². The normalized spacial score (nSPS) is 21.3. The van der Waals surface area contributed by atoms with Crippen LogP contribution < -0.4 is 9.64 Å². The molecule has 6 rings (SSSR count). The Balaban J connectivity index is 1.55. The van der Waals surface area contributed by atoms with E-state index in [0.29, 0.717) is 18.2 Å². The fourth-order valence-corrected chi connectivity index (χ4v) is 5.86. The summed E-state index contributed by atoms with van der Waals surface area (Å²) in [6.07, 6.45) is 0. The summed E-state index contributed by atoms with van der Waals surface area (Å²) >= 11 is 0. The number of aromatic nitrogens is 1. The number of aromatic amines is 1. The SMILES string of the molecule is COc1ccccc1C1CN2C(=O)N(c3ccc(C(C)C)cc3)C(=O)C2(C)c2[nH]c3ccccc3c21. The number of imide groups is 1. The lowest BCUT2D eigenvalue weighted by Crippen LogP contribution is -2.50. The first-order valence-electron chi connectivity index (χ1n) is 12.4. The van der Waals surface area contributed by atoms with E-state index >= 15 is 0 Å². The summed E-state index contributed by atoms with van der Waals surface area (Å²) in [7, 11) is 1.66. The summed E-state index contributed by atoms with van der Waals surface area (Å²) in [5, 5.41) is 1.06. The third-order valence-electron chi connectivity index (χ3n) is 7.86. The molecule has 36 heavy (non-hydrogen) atoms. The molecule has 0 radical (unpaired) electrons. The van der Waals surface area contributed by atoms with Crippen LogP contribution in [0.15, 0.2) is 72.8 Å². The molecule has 4 aromatic rings. The maximum Gasteiger partial charge on any atom is 0.332 e. The molecule has 2 aliphatic heterocycles. The summed E-state index contributed by atoms with van der Waals surface area (Å²) in [4.78, 5) is 34.6. The average molecular weight is 480 g/mol. The van der Waals surface area contributed by atoms with Gasteiger partial charge in [-0.2, -0.15) is 0 Å². The lowest BCUT2D eigenvalue weighted by molar-refractivity contribution is -0.125. The van der Waals surface area contributed by atoms with Gasteiger partial charge in [0, 0.05) is 28.9 Å². The first kappa shape index (κ1) is 22.4. The predicted molar refractivity (Wildman–Crippen MR) is 141 cm³/mol. The van der Waals surface area contributed by atoms with E-state index in [-0.39, 0.29) is 17.9 Å². The molecule has 2 atom stereocenters. The Morgan fingerprint density at radius 2 is 1.67 bits per heavy atom. The zero-order valence-electron chi connectivity index (χ0n) is 20.9. The Kier molecular flexibility index (Phi) is 4.97. The van der Waals surface area contributed by atoms with Crippen molar-refractivity contribution in [3.63, 3.8) is 0 Å². The van der Waals surface area contributed by atoms with Crippen molar-refractivity contribution in [2.75, 3.05) is 18.6 Å². The molecule has 0 spiro atoms. The highest BCUT2D eigenvalue weighted by Gasteiger charge is 2.60. The van der Waals surface area contributed by atoms with Crippen molar-refractivity contribution in [2.45, 2.75) is 38.1 Å². The number of amides is 3. The zero-order valence-corrected chi connectivity index (χ0v) is 20.9. The monoisotopic (exact) mass is 479 g/mol. The van der Waals surface area contributed by atoms with Crippen molar-refractivity contribution in [2.24, 2.45) is 0 Å². The first-order chi connectivity index (χ1) is 17.4. The summed E-state index contributed by atoms with van der Waals surface area (Å²) in [5.41, 5.74) is 4.38. The first-order valence-corrected chi connectivity index (χ1v) is 12.4. The van der Waals surface area contributed by atoms with Gasteiger partial charge in [0.25, 0.3) is 5.91 Å². The van der Waals surface area contributed by atoms with Gasteiger partial charge in [-0.25, -0.2) is 9.69 Å². The molecule has 182 valence electrons. The van der Waals surface area contributed by atoms with E-state index in [2.05, 4.69) is 24.9 Å². The summed E-state index contributed by atoms with van der Waals surface area (Å²) < 4.78 is 5.72. The van der Waals surface area contributed by atoms with Gasteiger partial charge in [-0.1, -0.05) is 62.4 Å². The second-order valence-corrected chi connectivity index (χ2v) is 10.1. The highest BCUT2D eigenvalue weighted by atomic mass is 16.5. The average Bonchev–Trinajstić information content (AvgIpc) is 3.38. The fourth-order valence-electron chi connectivity index (χ4n) is 5.86. The molecule has 1 fully saturated rings. The number of anilines is 1. The maximum absolute atomic E-state index is 14.1. The lowest BCUT2D eigenvalue weighted by atomic mass is 9.78. The minimum atomic E-state index is -1.14. The maximum atomic E-state index is 14.1. The van der Waals surface area contributed by atoms with Gasteiger partial charge in [-0.05, 0) is 48.2 Å². The number of fused-ring (bicyclic) bond motifs is 5. The number of carbonyl (C=O) groups is 2. The van der Waals surface area contributed by atoms with Crippen LogP contribution in [0.1, 0.15) is 55.0 Å². The predicted octanol–water partition coefficient (Wildman–Crippen LogP) is 6.13. The van der Waals surface area contributed by atoms with E-state index in [1.165, 1.54) is 4.90 Å². The second kappa shape index (κ2) is 7.98. The quantitative estimate of drug-likeness (QED) is 0.358. The van der Waals surface area contributed by atoms with Gasteiger partial charge in [0.15, 0.2) is 5.54 Å². The number of hydrogen-bond donors (Lipinski definition) is 1. The van der Waals surface area contributed by atoms with E-state index in [1.54, 1.807) is 12.0 Å². The Morgan fingerprint density at radius 3 is 2.39 bits per heavy atom. The molecule has 3 aromatic carbocycles. The molecule has 1 saturated heterocycles. The number of H-pyrrole nitrogens is 1. The van der Waals surface area contributed by atoms with Crippen LogP contribution in [0.3, 0.4) is 0 Å². The molecule has 0 aliphatic carbocycles. The van der Waals surface area contributed by atoms with Crippen molar-refractivity contribution in [1.82, 2.24) is 9.88 Å². The van der Waals surface area contributed by atoms with Crippen LogP contribution in [-0.2, 0) is 10.3 Å². The van der Waals surface area contributed by atoms with Crippen LogP contribution in [-0.4, -0.2) is 35.5 Å². The van der Waals surface area contributed by atoms with Crippen LogP contribution in [0.4, 0.5) is 10.5 Å². The Hall–Kier alpha value is -4.06. The number of para-hydroxylation sites is 2. The Morgan fingerprint density at radius 1 is 0.972 bits per heavy atom. The highest BCUT2D eigenvalue weighted by Crippen LogP contribution is 2.51. The van der Waals surface area contributed by atoms with E-state index in [9.17, 15) is 9.59 Å². The Labute approximate surface area is 210 Å². The standard InChI is InChI=1S/C30H29N3O3/c1-18(2)19-13-15-20(16-14-19)33-28(34)30(3)27-26(22-10-5-7-11-24(22)31-27)23(17-32(30)29(33)35)21-9-6-8-12-25(21)36-4/h5-16,18,23,31H,17H2,1-4H3. The minimum Gasteiger partial charge on any atom is -0.496 e. The smallest absolute Gasteiger partial charge is 0.332 e. The van der Waals surface area contributed by atoms with Crippen molar-refractivity contribution in [3.8, 4) is 5.75 Å². The number of methoxy groups -OCH3 is 1. The van der Waals surface area contributed by atoms with Crippen molar-refractivity contribution < 1.29 is 14.3 Å². The van der Waals surface area contributed by atoms with Gasteiger partial charge in [-0.15, -0.1) is 0 Å². The number of nitrogens with one attached hydrogen (secondary N) is 1. The van der Waals surface area contributed by atoms with Crippen molar-refractivity contribution >= 4 is 28.5 Å². The van der Waals surface area contributed by atoms with Gasteiger partial charge < -0.3 is 14.6 Å². The molecule has 2 aliphatic rings. The van der Waals surface area contributed by atoms with Gasteiger partial charge >= 0.3 is 6.03 Å². The molecular weight excluding hydrogens is 450 g/mol. The van der Waals surface area contributed by atoms with Gasteiger partial charge in [0.2, 0.25) is 0 Å². The summed E-state index contributed by atoms with van der Waals surface area (Å²) in [6.45, 7) is 6.48. The molecule has 1 aromatic heterocycles. The van der Waals surface area contributed by atoms with Crippen LogP contribution in [0, 0.1) is 0 Å². The summed E-state index contributed by atoms with van der Waals surface area (Å²) in [6, 6.07) is 23.4. The minimum absolute atomic E-state index is 0.152. The van der Waals surface area contributed by atoms with Crippen LogP contribution in [0.2, 0.25) is 0 Å². The van der Waals surface area contributed by atoms with E-state index < -0.39 is 5.54 Å². The third-order valence-corrected chi connectivity index (χ3v) is 7.86. The number of nitrogens with zero attached hydrogens (tertiary/aromatic N) is 2. The number of carbonyl (C=O) groups excluding carboxylic acids is 2. The topological polar surface area (TPSA) is 65.6 Å². The molecular formula is C30H29N3O3. The highest BCUT2D eigenvalue weighted by molar-refractivity contribution is 6.23. The third kappa shape index (κ3) is 2.97. The second-order valence-electron chi connectivity index (χ2n) is 10.1. The fraction of sp³-hybridized carbons (Fsp3) is 0.267. The number of ether oxygens (including phenoxy) is 1. The van der Waals surface area contributed by atoms with E-state index in [1.807, 2.05) is 73.7 Å². The van der Waals surface area contributed by atoms with Crippen LogP contribution in [0.25, 0.3) is 10.9 Å². The molecule has 6 heteroatoms. The molecule has 2 unspecified atom stereocenters. The molecule has 1 N–H and O–H groups in total. The Bertz CT molecular complexity index is 1500. The molecule has 0 bridgehead atoms. The lowest BCUT2D eigenvalue weighted by Gasteiger charge is -2.40. The van der Waals surface area contributed by atoms with Crippen LogP contribution >= 0.6 is 0 Å². The molecule has 6 nitrogen and oxygen atoms in total. The van der Waals surface area contributed by atoms with Gasteiger partial charge in [-0.3, -0.25) is 4.79 Å². The molecule has 0 saturated carbocycles. The number of rotatable bonds is 4. The van der Waals surface area contributed by atoms with Crippen molar-refractivity contribution in [3.05, 3.63) is 95.2 Å². The largest absolute Gasteiger partial charge is 0.496 e. The zero-order chi connectivity index (χ0) is 25.2. The number of benzene rings is 3. The molecule has 3 amide bonds. The van der Waals surface area contributed by atoms with Crippen molar-refractivity contribution in [1.29, 1.82) is 0 Å². The van der Waals surface area contributed by atoms with Crippen LogP contribution in [0.5, 0.6) is 5.75 Å². The van der Waals surface area contributed by atoms with Gasteiger partial charge in [0.05, 0.1) is 18.5 Å². The summed E-state index contributed by atoms with van der Waals surface area (Å²) in [5.74, 6) is 0.737. The van der Waals surface area contributed by atoms with E-state index in [4.69, 9.17) is 4.74 Å². The van der Waals surface area contributed by atoms with E-state index in [0.717, 1.165) is 39.0 Å². The number of urea groups is 1. The number of hydrogen-bond acceptors (Lipinski definition) is 3. The molecule has 3 heterocycles.